The Bertz CT molecular complexity index is 1180. The Morgan fingerprint density at radius 1 is 1.03 bits per heavy atom. The standard InChI is InChI=1S/C24H26N4O4/c1-32-19-10-7-17(8-11-19)23(30)27-20-14-25-21-12-9-18(15-28(21)24(20)31)22(29)26-13-16-5-3-2-4-6-16/h7-12,14-16H,2-6,13H2,1H3,(H,26,29)(H,27,30). The molecule has 0 aliphatic heterocycles. The number of nitrogens with one attached hydrogen (secondary N) is 2. The van der Waals surface area contributed by atoms with Crippen LogP contribution in [0.2, 0.25) is 0 Å². The molecule has 2 heterocycles. The zero-order chi connectivity index (χ0) is 22.5. The fourth-order valence-corrected chi connectivity index (χ4v) is 3.96. The Labute approximate surface area is 185 Å². The number of aromatic nitrogens is 2. The minimum Gasteiger partial charge on any atom is -0.497 e. The summed E-state index contributed by atoms with van der Waals surface area (Å²) in [5, 5.41) is 5.57. The number of hydrogen-bond donors (Lipinski definition) is 2. The number of ether oxygens (including phenoxy) is 1. The summed E-state index contributed by atoms with van der Waals surface area (Å²) >= 11 is 0. The number of benzene rings is 1. The molecule has 8 heteroatoms. The third kappa shape index (κ3) is 4.80. The smallest absolute Gasteiger partial charge is 0.281 e. The van der Waals surface area contributed by atoms with Crippen molar-refractivity contribution >= 4 is 23.1 Å². The molecule has 0 saturated heterocycles. The number of amides is 2. The molecule has 0 atom stereocenters. The Morgan fingerprint density at radius 3 is 2.47 bits per heavy atom. The number of carbonyl (C=O) groups is 2. The van der Waals surface area contributed by atoms with Crippen LogP contribution >= 0.6 is 0 Å². The van der Waals surface area contributed by atoms with Gasteiger partial charge < -0.3 is 15.4 Å². The number of anilines is 1. The van der Waals surface area contributed by atoms with Crippen LogP contribution in [0.3, 0.4) is 0 Å². The van der Waals surface area contributed by atoms with Gasteiger partial charge in [-0.3, -0.25) is 18.8 Å². The first kappa shape index (κ1) is 21.5. The van der Waals surface area contributed by atoms with Crippen LogP contribution in [-0.4, -0.2) is 34.9 Å². The predicted molar refractivity (Wildman–Crippen MR) is 121 cm³/mol. The van der Waals surface area contributed by atoms with Crippen molar-refractivity contribution in [3.8, 4) is 5.75 Å². The van der Waals surface area contributed by atoms with Crippen molar-refractivity contribution in [2.24, 2.45) is 5.92 Å². The van der Waals surface area contributed by atoms with Crippen molar-refractivity contribution in [1.29, 1.82) is 0 Å². The van der Waals surface area contributed by atoms with Crippen LogP contribution < -0.4 is 20.9 Å². The van der Waals surface area contributed by atoms with E-state index < -0.39 is 11.5 Å². The largest absolute Gasteiger partial charge is 0.497 e. The predicted octanol–water partition coefficient (Wildman–Crippen LogP) is 3.27. The van der Waals surface area contributed by atoms with E-state index in [1.807, 2.05) is 0 Å². The van der Waals surface area contributed by atoms with Gasteiger partial charge in [-0.05, 0) is 55.2 Å². The maximum atomic E-state index is 12.9. The molecule has 0 unspecified atom stereocenters. The lowest BCUT2D eigenvalue weighted by atomic mass is 9.89. The molecule has 1 fully saturated rings. The van der Waals surface area contributed by atoms with Crippen LogP contribution in [0.4, 0.5) is 5.69 Å². The first-order chi connectivity index (χ1) is 15.5. The van der Waals surface area contributed by atoms with Crippen molar-refractivity contribution in [1.82, 2.24) is 14.7 Å². The molecule has 3 aromatic rings. The average molecular weight is 434 g/mol. The Morgan fingerprint density at radius 2 is 1.75 bits per heavy atom. The van der Waals surface area contributed by atoms with Crippen molar-refractivity contribution in [3.63, 3.8) is 0 Å². The second-order valence-electron chi connectivity index (χ2n) is 8.02. The van der Waals surface area contributed by atoms with Crippen LogP contribution in [0, 0.1) is 5.92 Å². The lowest BCUT2D eigenvalue weighted by Crippen LogP contribution is -2.31. The van der Waals surface area contributed by atoms with Gasteiger partial charge in [-0.1, -0.05) is 19.3 Å². The minimum atomic E-state index is -0.459. The molecule has 1 aliphatic carbocycles. The van der Waals surface area contributed by atoms with Gasteiger partial charge in [-0.2, -0.15) is 0 Å². The van der Waals surface area contributed by atoms with Crippen LogP contribution in [0.5, 0.6) is 5.75 Å². The van der Waals surface area contributed by atoms with E-state index in [-0.39, 0.29) is 11.6 Å². The van der Waals surface area contributed by atoms with Crippen molar-refractivity contribution < 1.29 is 14.3 Å². The Hall–Kier alpha value is -3.68. The second-order valence-corrected chi connectivity index (χ2v) is 8.02. The molecule has 8 nitrogen and oxygen atoms in total. The van der Waals surface area contributed by atoms with Crippen molar-refractivity contribution in [3.05, 3.63) is 70.3 Å². The van der Waals surface area contributed by atoms with E-state index in [0.717, 1.165) is 12.8 Å². The van der Waals surface area contributed by atoms with E-state index >= 15 is 0 Å². The Balaban J connectivity index is 1.51. The van der Waals surface area contributed by atoms with Gasteiger partial charge in [0.1, 0.15) is 17.1 Å². The molecule has 166 valence electrons. The summed E-state index contributed by atoms with van der Waals surface area (Å²) in [4.78, 5) is 42.3. The quantitative estimate of drug-likeness (QED) is 0.620. The summed E-state index contributed by atoms with van der Waals surface area (Å²) in [5.74, 6) is 0.477. The normalized spacial score (nSPS) is 14.2. The summed E-state index contributed by atoms with van der Waals surface area (Å²) in [7, 11) is 1.54. The lowest BCUT2D eigenvalue weighted by molar-refractivity contribution is 0.0942. The maximum absolute atomic E-state index is 12.9. The zero-order valence-electron chi connectivity index (χ0n) is 18.0. The number of methoxy groups -OCH3 is 1. The first-order valence-corrected chi connectivity index (χ1v) is 10.8. The molecular formula is C24H26N4O4. The highest BCUT2D eigenvalue weighted by molar-refractivity contribution is 6.04. The topological polar surface area (TPSA) is 102 Å². The van der Waals surface area contributed by atoms with Crippen LogP contribution in [0.1, 0.15) is 52.8 Å². The zero-order valence-corrected chi connectivity index (χ0v) is 18.0. The van der Waals surface area contributed by atoms with Crippen molar-refractivity contribution in [2.75, 3.05) is 19.0 Å². The molecule has 0 bridgehead atoms. The van der Waals surface area contributed by atoms with E-state index in [0.29, 0.717) is 35.0 Å². The summed E-state index contributed by atoms with van der Waals surface area (Å²) in [6.45, 7) is 0.641. The molecule has 0 radical (unpaired) electrons. The van der Waals surface area contributed by atoms with Crippen LogP contribution in [-0.2, 0) is 0 Å². The van der Waals surface area contributed by atoms with E-state index in [4.69, 9.17) is 4.74 Å². The molecule has 1 aliphatic rings. The van der Waals surface area contributed by atoms with Gasteiger partial charge in [0, 0.05) is 18.3 Å². The van der Waals surface area contributed by atoms with Gasteiger partial charge in [0.15, 0.2) is 0 Å². The van der Waals surface area contributed by atoms with Gasteiger partial charge in [0.2, 0.25) is 0 Å². The third-order valence-electron chi connectivity index (χ3n) is 5.84. The monoisotopic (exact) mass is 434 g/mol. The number of nitrogens with zero attached hydrogens (tertiary/aromatic N) is 2. The fraction of sp³-hybridized carbons (Fsp3) is 0.333. The second kappa shape index (κ2) is 9.64. The number of fused-ring (bicyclic) bond motifs is 1. The molecule has 32 heavy (non-hydrogen) atoms. The molecule has 0 spiro atoms. The highest BCUT2D eigenvalue weighted by atomic mass is 16.5. The van der Waals surface area contributed by atoms with E-state index in [9.17, 15) is 14.4 Å². The molecule has 2 N–H and O–H groups in total. The van der Waals surface area contributed by atoms with Gasteiger partial charge in [0.05, 0.1) is 18.9 Å². The maximum Gasteiger partial charge on any atom is 0.281 e. The SMILES string of the molecule is COc1ccc(C(=O)Nc2cnc3ccc(C(=O)NCC4CCCCC4)cn3c2=O)cc1. The molecule has 2 amide bonds. The third-order valence-corrected chi connectivity index (χ3v) is 5.84. The number of carbonyl (C=O) groups excluding carboxylic acids is 2. The van der Waals surface area contributed by atoms with Crippen molar-refractivity contribution in [2.45, 2.75) is 32.1 Å². The molecular weight excluding hydrogens is 408 g/mol. The first-order valence-electron chi connectivity index (χ1n) is 10.8. The van der Waals surface area contributed by atoms with E-state index in [1.165, 1.54) is 36.1 Å². The summed E-state index contributed by atoms with van der Waals surface area (Å²) in [6, 6.07) is 9.81. The molecule has 1 aromatic carbocycles. The molecule has 2 aromatic heterocycles. The summed E-state index contributed by atoms with van der Waals surface area (Å²) in [6.07, 6.45) is 8.75. The fourth-order valence-electron chi connectivity index (χ4n) is 3.96. The summed E-state index contributed by atoms with van der Waals surface area (Å²) < 4.78 is 6.37. The van der Waals surface area contributed by atoms with Crippen LogP contribution in [0.15, 0.2) is 53.6 Å². The van der Waals surface area contributed by atoms with E-state index in [2.05, 4.69) is 15.6 Å². The number of rotatable bonds is 6. The minimum absolute atomic E-state index is 0.0306. The van der Waals surface area contributed by atoms with Gasteiger partial charge in [0.25, 0.3) is 17.4 Å². The van der Waals surface area contributed by atoms with Gasteiger partial charge in [-0.15, -0.1) is 0 Å². The van der Waals surface area contributed by atoms with Gasteiger partial charge in [-0.25, -0.2) is 4.98 Å². The highest BCUT2D eigenvalue weighted by Gasteiger charge is 2.16. The number of hydrogen-bond acceptors (Lipinski definition) is 5. The molecule has 4 rings (SSSR count). The summed E-state index contributed by atoms with van der Waals surface area (Å²) in [5.41, 5.74) is 0.713. The van der Waals surface area contributed by atoms with Gasteiger partial charge >= 0.3 is 0 Å². The highest BCUT2D eigenvalue weighted by Crippen LogP contribution is 2.22. The number of pyridine rings is 1. The van der Waals surface area contributed by atoms with Crippen LogP contribution in [0.25, 0.3) is 5.65 Å². The van der Waals surface area contributed by atoms with E-state index in [1.54, 1.807) is 43.5 Å². The lowest BCUT2D eigenvalue weighted by Gasteiger charge is -2.21. The Kier molecular flexibility index (Phi) is 6.49. The average Bonchev–Trinajstić information content (AvgIpc) is 2.84. The molecule has 1 saturated carbocycles.